The third-order valence-corrected chi connectivity index (χ3v) is 2.78. The molecule has 0 aliphatic carbocycles. The van der Waals surface area contributed by atoms with Gasteiger partial charge in [0.1, 0.15) is 0 Å². The molecule has 7 nitrogen and oxygen atoms in total. The second-order valence-corrected chi connectivity index (χ2v) is 4.60. The van der Waals surface area contributed by atoms with Gasteiger partial charge in [0.25, 0.3) is 0 Å². The lowest BCUT2D eigenvalue weighted by Gasteiger charge is -2.00. The smallest absolute Gasteiger partial charge is 0.328 e. The summed E-state index contributed by atoms with van der Waals surface area (Å²) in [5.41, 5.74) is 1.39. The predicted octanol–water partition coefficient (Wildman–Crippen LogP) is 2.91. The van der Waals surface area contributed by atoms with Gasteiger partial charge in [-0.3, -0.25) is 4.68 Å². The minimum atomic E-state index is -1.26. The van der Waals surface area contributed by atoms with Crippen LogP contribution in [0.5, 0.6) is 0 Å². The van der Waals surface area contributed by atoms with E-state index in [1.165, 1.54) is 12.1 Å². The van der Waals surface area contributed by atoms with E-state index in [1.807, 2.05) is 6.92 Å². The summed E-state index contributed by atoms with van der Waals surface area (Å²) >= 11 is 0. The SMILES string of the molecule is CCCn1nc(C)c2cc(F)c(F)cc21.N.O=C(O)C=CC(=O)O. The minimum Gasteiger partial charge on any atom is -0.478 e. The standard InChI is InChI=1S/C11H12F2N2.C4H4O4.H3N/c1-3-4-15-11-6-10(13)9(12)5-8(11)7(2)14-15;5-3(6)1-2-4(7)8;/h5-6H,3-4H2,1-2H3;1-2H,(H,5,6)(H,7,8);1H3. The van der Waals surface area contributed by atoms with Gasteiger partial charge < -0.3 is 16.4 Å². The van der Waals surface area contributed by atoms with Crippen molar-refractivity contribution in [2.24, 2.45) is 0 Å². The largest absolute Gasteiger partial charge is 0.478 e. The van der Waals surface area contributed by atoms with Crippen LogP contribution in [-0.4, -0.2) is 31.9 Å². The Balaban J connectivity index is 0.000000510. The van der Waals surface area contributed by atoms with Gasteiger partial charge in [0.15, 0.2) is 11.6 Å². The van der Waals surface area contributed by atoms with Crippen LogP contribution in [0.4, 0.5) is 8.78 Å². The van der Waals surface area contributed by atoms with Crippen molar-refractivity contribution in [2.75, 3.05) is 0 Å². The lowest BCUT2D eigenvalue weighted by atomic mass is 10.2. The molecule has 5 N–H and O–H groups in total. The van der Waals surface area contributed by atoms with Gasteiger partial charge in [-0.25, -0.2) is 18.4 Å². The normalized spacial score (nSPS) is 10.2. The summed E-state index contributed by atoms with van der Waals surface area (Å²) in [4.78, 5) is 19.1. The Morgan fingerprint density at radius 2 is 1.67 bits per heavy atom. The molecule has 2 aromatic rings. The first-order valence-corrected chi connectivity index (χ1v) is 6.72. The predicted molar refractivity (Wildman–Crippen MR) is 84.1 cm³/mol. The van der Waals surface area contributed by atoms with Crippen molar-refractivity contribution in [1.82, 2.24) is 15.9 Å². The second-order valence-electron chi connectivity index (χ2n) is 4.60. The average molecular weight is 343 g/mol. The van der Waals surface area contributed by atoms with E-state index >= 15 is 0 Å². The van der Waals surface area contributed by atoms with Crippen molar-refractivity contribution in [3.63, 3.8) is 0 Å². The molecule has 1 aromatic heterocycles. The van der Waals surface area contributed by atoms with Gasteiger partial charge in [-0.1, -0.05) is 6.92 Å². The number of nitrogens with zero attached hydrogens (tertiary/aromatic N) is 2. The van der Waals surface area contributed by atoms with Gasteiger partial charge in [-0.05, 0) is 19.4 Å². The van der Waals surface area contributed by atoms with Crippen molar-refractivity contribution in [1.29, 1.82) is 0 Å². The molecule has 24 heavy (non-hydrogen) atoms. The molecule has 0 fully saturated rings. The molecule has 0 spiro atoms. The van der Waals surface area contributed by atoms with Crippen LogP contribution in [0.15, 0.2) is 24.3 Å². The van der Waals surface area contributed by atoms with Crippen LogP contribution in [0.3, 0.4) is 0 Å². The number of hydrogen-bond donors (Lipinski definition) is 3. The number of hydrogen-bond acceptors (Lipinski definition) is 4. The number of aliphatic carboxylic acids is 2. The number of benzene rings is 1. The molecule has 0 aliphatic rings. The molecule has 0 saturated carbocycles. The summed E-state index contributed by atoms with van der Waals surface area (Å²) in [5.74, 6) is -4.15. The maximum Gasteiger partial charge on any atom is 0.328 e. The molecule has 0 amide bonds. The van der Waals surface area contributed by atoms with Gasteiger partial charge in [0.05, 0.1) is 11.2 Å². The van der Waals surface area contributed by atoms with Crippen LogP contribution in [-0.2, 0) is 16.1 Å². The highest BCUT2D eigenvalue weighted by Gasteiger charge is 2.11. The quantitative estimate of drug-likeness (QED) is 0.732. The van der Waals surface area contributed by atoms with Crippen LogP contribution in [0.1, 0.15) is 19.0 Å². The van der Waals surface area contributed by atoms with Gasteiger partial charge in [-0.15, -0.1) is 0 Å². The van der Waals surface area contributed by atoms with E-state index in [1.54, 1.807) is 11.6 Å². The molecule has 2 rings (SSSR count). The maximum absolute atomic E-state index is 13.1. The Hall–Kier alpha value is -2.81. The van der Waals surface area contributed by atoms with Crippen LogP contribution in [0, 0.1) is 18.6 Å². The van der Waals surface area contributed by atoms with E-state index in [9.17, 15) is 18.4 Å². The molecule has 0 aliphatic heterocycles. The zero-order valence-electron chi connectivity index (χ0n) is 13.3. The van der Waals surface area contributed by atoms with Crippen molar-refractivity contribution in [2.45, 2.75) is 26.8 Å². The fourth-order valence-electron chi connectivity index (χ4n) is 1.85. The van der Waals surface area contributed by atoms with Crippen LogP contribution in [0.25, 0.3) is 10.9 Å². The topological polar surface area (TPSA) is 127 Å². The molecule has 0 bridgehead atoms. The Labute approximate surface area is 136 Å². The molecule has 132 valence electrons. The van der Waals surface area contributed by atoms with E-state index < -0.39 is 23.6 Å². The first-order chi connectivity index (χ1) is 10.8. The third kappa shape index (κ3) is 5.76. The summed E-state index contributed by atoms with van der Waals surface area (Å²) in [5, 5.41) is 20.6. The molecule has 0 radical (unpaired) electrons. The summed E-state index contributed by atoms with van der Waals surface area (Å²) < 4.78 is 27.8. The molecule has 0 atom stereocenters. The van der Waals surface area contributed by atoms with Crippen LogP contribution in [0.2, 0.25) is 0 Å². The summed E-state index contributed by atoms with van der Waals surface area (Å²) in [6, 6.07) is 2.42. The van der Waals surface area contributed by atoms with E-state index in [-0.39, 0.29) is 6.15 Å². The van der Waals surface area contributed by atoms with Crippen molar-refractivity contribution >= 4 is 22.8 Å². The molecule has 1 heterocycles. The molecular formula is C15H19F2N3O4. The van der Waals surface area contributed by atoms with Crippen LogP contribution < -0.4 is 6.15 Å². The lowest BCUT2D eigenvalue weighted by Crippen LogP contribution is -1.99. The molecule has 0 saturated heterocycles. The number of rotatable bonds is 4. The van der Waals surface area contributed by atoms with Crippen molar-refractivity contribution < 1.29 is 28.6 Å². The number of carbonyl (C=O) groups is 2. The first kappa shape index (κ1) is 21.2. The number of fused-ring (bicyclic) bond motifs is 1. The molecular weight excluding hydrogens is 324 g/mol. The molecule has 9 heteroatoms. The van der Waals surface area contributed by atoms with Crippen LogP contribution >= 0.6 is 0 Å². The monoisotopic (exact) mass is 343 g/mol. The van der Waals surface area contributed by atoms with Gasteiger partial charge in [0, 0.05) is 30.1 Å². The fourth-order valence-corrected chi connectivity index (χ4v) is 1.85. The number of halogens is 2. The minimum absolute atomic E-state index is 0. The second kappa shape index (κ2) is 9.36. The number of aryl methyl sites for hydroxylation is 2. The Bertz CT molecular complexity index is 741. The third-order valence-electron chi connectivity index (χ3n) is 2.78. The van der Waals surface area contributed by atoms with Crippen molar-refractivity contribution in [3.05, 3.63) is 41.6 Å². The average Bonchev–Trinajstić information content (AvgIpc) is 2.75. The van der Waals surface area contributed by atoms with E-state index in [0.29, 0.717) is 23.1 Å². The number of carboxylic acids is 2. The Morgan fingerprint density at radius 1 is 1.17 bits per heavy atom. The fraction of sp³-hybridized carbons (Fsp3) is 0.267. The van der Waals surface area contributed by atoms with E-state index in [4.69, 9.17) is 10.2 Å². The van der Waals surface area contributed by atoms with Crippen molar-refractivity contribution in [3.8, 4) is 0 Å². The zero-order chi connectivity index (χ0) is 17.6. The number of aromatic nitrogens is 2. The zero-order valence-corrected chi connectivity index (χ0v) is 13.3. The molecule has 1 aromatic carbocycles. The van der Waals surface area contributed by atoms with Gasteiger partial charge in [-0.2, -0.15) is 5.10 Å². The summed E-state index contributed by atoms with van der Waals surface area (Å²) in [7, 11) is 0. The van der Waals surface area contributed by atoms with E-state index in [0.717, 1.165) is 18.7 Å². The lowest BCUT2D eigenvalue weighted by molar-refractivity contribution is -0.134. The van der Waals surface area contributed by atoms with E-state index in [2.05, 4.69) is 5.10 Å². The summed E-state index contributed by atoms with van der Waals surface area (Å²) in [6.07, 6.45) is 2.03. The van der Waals surface area contributed by atoms with Gasteiger partial charge >= 0.3 is 11.9 Å². The maximum atomic E-state index is 13.1. The first-order valence-electron chi connectivity index (χ1n) is 6.72. The Kier molecular flexibility index (Phi) is 8.26. The highest BCUT2D eigenvalue weighted by Crippen LogP contribution is 2.21. The number of carboxylic acid groups (broad SMARTS) is 2. The summed E-state index contributed by atoms with van der Waals surface area (Å²) in [6.45, 7) is 4.53. The van der Waals surface area contributed by atoms with Gasteiger partial charge in [0.2, 0.25) is 0 Å². The molecule has 0 unspecified atom stereocenters. The Morgan fingerprint density at radius 3 is 2.12 bits per heavy atom. The highest BCUT2D eigenvalue weighted by atomic mass is 19.2. The highest BCUT2D eigenvalue weighted by molar-refractivity contribution is 5.89.